The minimum Gasteiger partial charge on any atom is -0.453 e. The molecule has 0 aliphatic carbocycles. The lowest BCUT2D eigenvalue weighted by Crippen LogP contribution is -2.22. The molecule has 0 saturated heterocycles. The first kappa shape index (κ1) is 17.6. The summed E-state index contributed by atoms with van der Waals surface area (Å²) in [5, 5.41) is 11.6. The molecule has 0 bridgehead atoms. The van der Waals surface area contributed by atoms with Crippen molar-refractivity contribution in [3.8, 4) is 11.6 Å². The van der Waals surface area contributed by atoms with Crippen LogP contribution in [0, 0.1) is 11.6 Å². The molecule has 0 radical (unpaired) electrons. The van der Waals surface area contributed by atoms with Crippen molar-refractivity contribution < 1.29 is 27.8 Å². The van der Waals surface area contributed by atoms with Gasteiger partial charge >= 0.3 is 0 Å². The second-order valence-corrected chi connectivity index (χ2v) is 5.25. The molecule has 3 aromatic rings. The van der Waals surface area contributed by atoms with E-state index in [-0.39, 0.29) is 36.3 Å². The second kappa shape index (κ2) is 7.75. The Labute approximate surface area is 147 Å². The van der Waals surface area contributed by atoms with Gasteiger partial charge < -0.3 is 19.6 Å². The molecule has 1 amide bonds. The van der Waals surface area contributed by atoms with E-state index in [1.165, 1.54) is 18.3 Å². The topological polar surface area (TPSA) is 84.6 Å². The van der Waals surface area contributed by atoms with Gasteiger partial charge in [0.2, 0.25) is 5.88 Å². The van der Waals surface area contributed by atoms with Crippen molar-refractivity contribution in [2.75, 3.05) is 0 Å². The lowest BCUT2D eigenvalue weighted by Gasteiger charge is -2.11. The van der Waals surface area contributed by atoms with E-state index in [9.17, 15) is 13.6 Å². The quantitative estimate of drug-likeness (QED) is 0.705. The number of hydrogen-bond donors (Lipinski definition) is 2. The van der Waals surface area contributed by atoms with Crippen LogP contribution in [-0.4, -0.2) is 16.0 Å². The number of benzene rings is 1. The maximum atomic E-state index is 13.7. The molecular formula is C18H14F2N2O4. The number of furan rings is 1. The summed E-state index contributed by atoms with van der Waals surface area (Å²) >= 11 is 0. The molecule has 0 unspecified atom stereocenters. The summed E-state index contributed by atoms with van der Waals surface area (Å²) in [5.41, 5.74) is 0.485. The Morgan fingerprint density at radius 1 is 1.23 bits per heavy atom. The Morgan fingerprint density at radius 3 is 2.81 bits per heavy atom. The Morgan fingerprint density at radius 2 is 2.08 bits per heavy atom. The molecule has 26 heavy (non-hydrogen) atoms. The van der Waals surface area contributed by atoms with Crippen molar-refractivity contribution in [3.63, 3.8) is 0 Å². The van der Waals surface area contributed by atoms with E-state index in [0.29, 0.717) is 11.6 Å². The molecule has 6 nitrogen and oxygen atoms in total. The van der Waals surface area contributed by atoms with Crippen molar-refractivity contribution >= 4 is 5.91 Å². The number of aromatic nitrogens is 1. The zero-order valence-electron chi connectivity index (χ0n) is 13.4. The summed E-state index contributed by atoms with van der Waals surface area (Å²) in [7, 11) is 0. The van der Waals surface area contributed by atoms with Crippen molar-refractivity contribution in [2.24, 2.45) is 0 Å². The monoisotopic (exact) mass is 360 g/mol. The number of aliphatic hydroxyl groups excluding tert-OH is 1. The highest BCUT2D eigenvalue weighted by atomic mass is 19.1. The summed E-state index contributed by atoms with van der Waals surface area (Å²) in [6, 6.07) is 9.13. The zero-order valence-corrected chi connectivity index (χ0v) is 13.4. The zero-order chi connectivity index (χ0) is 18.5. The average molecular weight is 360 g/mol. The lowest BCUT2D eigenvalue weighted by atomic mass is 10.2. The van der Waals surface area contributed by atoms with Crippen molar-refractivity contribution in [1.29, 1.82) is 0 Å². The molecule has 8 heteroatoms. The summed E-state index contributed by atoms with van der Waals surface area (Å²) in [6.45, 7) is -0.267. The highest BCUT2D eigenvalue weighted by molar-refractivity contribution is 5.91. The van der Waals surface area contributed by atoms with E-state index in [2.05, 4.69) is 10.3 Å². The molecular weight excluding hydrogens is 346 g/mol. The summed E-state index contributed by atoms with van der Waals surface area (Å²) in [6.07, 6.45) is 1.45. The number of ether oxygens (including phenoxy) is 1. The smallest absolute Gasteiger partial charge is 0.287 e. The number of nitrogens with one attached hydrogen (secondary N) is 1. The minimum atomic E-state index is -0.863. The van der Waals surface area contributed by atoms with E-state index < -0.39 is 17.5 Å². The maximum Gasteiger partial charge on any atom is 0.287 e. The van der Waals surface area contributed by atoms with Gasteiger partial charge in [0.25, 0.3) is 5.91 Å². The summed E-state index contributed by atoms with van der Waals surface area (Å²) in [4.78, 5) is 16.1. The molecule has 0 atom stereocenters. The number of amides is 1. The third-order valence-corrected chi connectivity index (χ3v) is 3.43. The van der Waals surface area contributed by atoms with E-state index in [1.54, 1.807) is 12.1 Å². The second-order valence-electron chi connectivity index (χ2n) is 5.25. The molecule has 3 rings (SSSR count). The number of hydrogen-bond acceptors (Lipinski definition) is 5. The molecule has 0 spiro atoms. The first-order chi connectivity index (χ1) is 12.6. The fourth-order valence-corrected chi connectivity index (χ4v) is 2.16. The Kier molecular flexibility index (Phi) is 5.23. The van der Waals surface area contributed by atoms with Crippen LogP contribution in [0.4, 0.5) is 8.78 Å². The first-order valence-corrected chi connectivity index (χ1v) is 7.61. The molecule has 2 aromatic heterocycles. The van der Waals surface area contributed by atoms with E-state index >= 15 is 0 Å². The van der Waals surface area contributed by atoms with E-state index in [1.807, 2.05) is 0 Å². The molecule has 2 N–H and O–H groups in total. The Bertz CT molecular complexity index is 927. The van der Waals surface area contributed by atoms with Gasteiger partial charge in [0, 0.05) is 24.4 Å². The number of carbonyl (C=O) groups excluding carboxylic acids is 1. The van der Waals surface area contributed by atoms with Crippen LogP contribution in [0.15, 0.2) is 53.1 Å². The fourth-order valence-electron chi connectivity index (χ4n) is 2.16. The highest BCUT2D eigenvalue weighted by Crippen LogP contribution is 2.26. The predicted octanol–water partition coefficient (Wildman–Crippen LogP) is 3.17. The largest absolute Gasteiger partial charge is 0.453 e. The molecule has 0 aliphatic heterocycles. The minimum absolute atomic E-state index is 0.0416. The average Bonchev–Trinajstić information content (AvgIpc) is 3.12. The third-order valence-electron chi connectivity index (χ3n) is 3.43. The van der Waals surface area contributed by atoms with Crippen molar-refractivity contribution in [2.45, 2.75) is 13.2 Å². The molecule has 1 aromatic carbocycles. The molecule has 0 aliphatic rings. The number of nitrogens with zero attached hydrogens (tertiary/aromatic N) is 1. The van der Waals surface area contributed by atoms with Gasteiger partial charge in [-0.25, -0.2) is 13.8 Å². The fraction of sp³-hybridized carbons (Fsp3) is 0.111. The molecule has 2 heterocycles. The van der Waals surface area contributed by atoms with Gasteiger partial charge in [-0.1, -0.05) is 6.07 Å². The first-order valence-electron chi connectivity index (χ1n) is 7.61. The Hall–Kier alpha value is -3.26. The highest BCUT2D eigenvalue weighted by Gasteiger charge is 2.14. The van der Waals surface area contributed by atoms with Gasteiger partial charge in [0.05, 0.1) is 0 Å². The molecule has 0 saturated carbocycles. The lowest BCUT2D eigenvalue weighted by molar-refractivity contribution is 0.0918. The number of pyridine rings is 1. The standard InChI is InChI=1S/C18H14F2N2O4/c19-12-3-5-15(14(20)8-12)26-18-11(2-1-7-21-18)9-22-17(24)16-6-4-13(10-23)25-16/h1-8,23H,9-10H2,(H,22,24). The van der Waals surface area contributed by atoms with Gasteiger partial charge in [-0.3, -0.25) is 4.79 Å². The SMILES string of the molecule is O=C(NCc1cccnc1Oc1ccc(F)cc1F)c1ccc(CO)o1. The molecule has 0 fully saturated rings. The predicted molar refractivity (Wildman–Crippen MR) is 86.5 cm³/mol. The van der Waals surface area contributed by atoms with Crippen LogP contribution in [0.3, 0.4) is 0 Å². The van der Waals surface area contributed by atoms with Gasteiger partial charge in [-0.2, -0.15) is 0 Å². The van der Waals surface area contributed by atoms with Crippen LogP contribution >= 0.6 is 0 Å². The van der Waals surface area contributed by atoms with Crippen LogP contribution in [0.1, 0.15) is 21.9 Å². The number of carbonyl (C=O) groups is 1. The van der Waals surface area contributed by atoms with Gasteiger partial charge in [-0.05, 0) is 30.3 Å². The van der Waals surface area contributed by atoms with Crippen LogP contribution in [-0.2, 0) is 13.2 Å². The van der Waals surface area contributed by atoms with Gasteiger partial charge in [-0.15, -0.1) is 0 Å². The number of halogens is 2. The number of rotatable bonds is 6. The van der Waals surface area contributed by atoms with Crippen LogP contribution in [0.5, 0.6) is 11.6 Å². The van der Waals surface area contributed by atoms with Crippen molar-refractivity contribution in [3.05, 3.63) is 77.4 Å². The van der Waals surface area contributed by atoms with Crippen molar-refractivity contribution in [1.82, 2.24) is 10.3 Å². The normalized spacial score (nSPS) is 10.6. The third kappa shape index (κ3) is 4.04. The van der Waals surface area contributed by atoms with Gasteiger partial charge in [0.1, 0.15) is 18.2 Å². The molecule has 134 valence electrons. The van der Waals surface area contributed by atoms with Crippen LogP contribution in [0.25, 0.3) is 0 Å². The summed E-state index contributed by atoms with van der Waals surface area (Å²) in [5.74, 6) is -1.86. The number of aliphatic hydroxyl groups is 1. The van der Waals surface area contributed by atoms with Gasteiger partial charge in [0.15, 0.2) is 17.3 Å². The van der Waals surface area contributed by atoms with Crippen LogP contribution < -0.4 is 10.1 Å². The van der Waals surface area contributed by atoms with E-state index in [0.717, 1.165) is 12.1 Å². The summed E-state index contributed by atoms with van der Waals surface area (Å²) < 4.78 is 37.3. The van der Waals surface area contributed by atoms with Crippen LogP contribution in [0.2, 0.25) is 0 Å². The Balaban J connectivity index is 1.71. The van der Waals surface area contributed by atoms with E-state index in [4.69, 9.17) is 14.3 Å². The maximum absolute atomic E-state index is 13.7.